The average Bonchev–Trinajstić information content (AvgIpc) is 2.91. The van der Waals surface area contributed by atoms with Crippen LogP contribution in [0.1, 0.15) is 30.0 Å². The monoisotopic (exact) mass is 343 g/mol. The van der Waals surface area contributed by atoms with E-state index in [1.165, 1.54) is 0 Å². The Labute approximate surface area is 140 Å². The molecule has 1 saturated carbocycles. The molecule has 0 bridgehead atoms. The maximum atomic E-state index is 12.0. The van der Waals surface area contributed by atoms with E-state index in [1.54, 1.807) is 6.92 Å². The fourth-order valence-corrected chi connectivity index (χ4v) is 3.15. The fraction of sp³-hybridized carbons (Fsp3) is 0.500. The van der Waals surface area contributed by atoms with Gasteiger partial charge in [-0.05, 0) is 38.8 Å². The first-order chi connectivity index (χ1) is 10.1. The predicted octanol–water partition coefficient (Wildman–Crippen LogP) is 3.68. The molecule has 4 nitrogen and oxygen atoms in total. The van der Waals surface area contributed by atoms with Crippen molar-refractivity contribution < 1.29 is 14.3 Å². The molecule has 2 rings (SSSR count). The molecule has 6 heteroatoms. The van der Waals surface area contributed by atoms with E-state index in [0.29, 0.717) is 6.42 Å². The quantitative estimate of drug-likeness (QED) is 0.670. The van der Waals surface area contributed by atoms with Crippen molar-refractivity contribution in [3.8, 4) is 0 Å². The SMILES string of the molecule is Cc1cc(C)c(NC(=O)COC(=O)[C@@]2(C)CC2(Cl)Cl)c(C)c1. The lowest BCUT2D eigenvalue weighted by atomic mass is 10.1. The minimum atomic E-state index is -1.09. The van der Waals surface area contributed by atoms with Gasteiger partial charge < -0.3 is 10.1 Å². The van der Waals surface area contributed by atoms with Crippen LogP contribution in [-0.2, 0) is 14.3 Å². The molecule has 120 valence electrons. The van der Waals surface area contributed by atoms with E-state index < -0.39 is 15.7 Å². The Kier molecular flexibility index (Phi) is 4.46. The number of nitrogens with one attached hydrogen (secondary N) is 1. The Morgan fingerprint density at radius 3 is 2.18 bits per heavy atom. The van der Waals surface area contributed by atoms with Gasteiger partial charge in [0.1, 0.15) is 9.75 Å². The molecule has 0 saturated heterocycles. The fourth-order valence-electron chi connectivity index (χ4n) is 2.46. The van der Waals surface area contributed by atoms with Crippen LogP contribution in [0, 0.1) is 26.2 Å². The summed E-state index contributed by atoms with van der Waals surface area (Å²) in [7, 11) is 0. The van der Waals surface area contributed by atoms with Crippen molar-refractivity contribution in [1.82, 2.24) is 0 Å². The number of rotatable bonds is 4. The number of alkyl halides is 2. The summed E-state index contributed by atoms with van der Waals surface area (Å²) in [5.41, 5.74) is 2.88. The summed E-state index contributed by atoms with van der Waals surface area (Å²) < 4.78 is 3.93. The van der Waals surface area contributed by atoms with Crippen LogP contribution in [0.4, 0.5) is 5.69 Å². The van der Waals surface area contributed by atoms with E-state index in [4.69, 9.17) is 27.9 Å². The van der Waals surface area contributed by atoms with Gasteiger partial charge in [0.05, 0.1) is 0 Å². The van der Waals surface area contributed by atoms with E-state index in [1.807, 2.05) is 32.9 Å². The summed E-state index contributed by atoms with van der Waals surface area (Å²) in [6, 6.07) is 3.96. The normalized spacial score (nSPS) is 22.1. The number of hydrogen-bond donors (Lipinski definition) is 1. The molecule has 0 aliphatic heterocycles. The third kappa shape index (κ3) is 3.23. The molecule has 1 aliphatic rings. The zero-order valence-corrected chi connectivity index (χ0v) is 14.6. The molecule has 22 heavy (non-hydrogen) atoms. The molecule has 1 N–H and O–H groups in total. The molecule has 0 unspecified atom stereocenters. The molecule has 0 radical (unpaired) electrons. The van der Waals surface area contributed by atoms with Gasteiger partial charge in [0, 0.05) is 12.1 Å². The summed E-state index contributed by atoms with van der Waals surface area (Å²) >= 11 is 11.8. The first-order valence-corrected chi connectivity index (χ1v) is 7.75. The Bertz CT molecular complexity index is 619. The molecule has 0 spiro atoms. The number of anilines is 1. The molecule has 0 aromatic heterocycles. The minimum absolute atomic E-state index is 0.333. The van der Waals surface area contributed by atoms with Crippen molar-refractivity contribution in [1.29, 1.82) is 0 Å². The largest absolute Gasteiger partial charge is 0.455 e. The minimum Gasteiger partial charge on any atom is -0.455 e. The average molecular weight is 344 g/mol. The van der Waals surface area contributed by atoms with Crippen LogP contribution in [0.2, 0.25) is 0 Å². The lowest BCUT2D eigenvalue weighted by molar-refractivity contribution is -0.152. The maximum absolute atomic E-state index is 12.0. The number of carbonyl (C=O) groups is 2. The standard InChI is InChI=1S/C16H19Cl2NO3/c1-9-5-10(2)13(11(3)6-9)19-12(20)7-22-14(21)15(4)8-16(15,17)18/h5-6H,7-8H2,1-4H3,(H,19,20)/t15-/m1/s1. The van der Waals surface area contributed by atoms with Gasteiger partial charge in [-0.25, -0.2) is 0 Å². The Morgan fingerprint density at radius 1 is 1.23 bits per heavy atom. The van der Waals surface area contributed by atoms with Crippen LogP contribution in [0.3, 0.4) is 0 Å². The number of carbonyl (C=O) groups excluding carboxylic acids is 2. The Hall–Kier alpha value is -1.26. The highest BCUT2D eigenvalue weighted by Gasteiger charge is 2.69. The second kappa shape index (κ2) is 5.74. The Balaban J connectivity index is 1.94. The van der Waals surface area contributed by atoms with Crippen molar-refractivity contribution >= 4 is 40.8 Å². The topological polar surface area (TPSA) is 55.4 Å². The zero-order chi connectivity index (χ0) is 16.7. The van der Waals surface area contributed by atoms with Crippen molar-refractivity contribution in [2.75, 3.05) is 11.9 Å². The lowest BCUT2D eigenvalue weighted by Crippen LogP contribution is -2.27. The number of hydrogen-bond acceptors (Lipinski definition) is 3. The highest BCUT2D eigenvalue weighted by molar-refractivity contribution is 6.53. The van der Waals surface area contributed by atoms with Crippen molar-refractivity contribution in [3.05, 3.63) is 28.8 Å². The lowest BCUT2D eigenvalue weighted by Gasteiger charge is -2.14. The van der Waals surface area contributed by atoms with Crippen LogP contribution in [-0.4, -0.2) is 22.8 Å². The first kappa shape index (κ1) is 17.1. The van der Waals surface area contributed by atoms with E-state index in [2.05, 4.69) is 5.32 Å². The van der Waals surface area contributed by atoms with Gasteiger partial charge in [0.25, 0.3) is 5.91 Å². The Morgan fingerprint density at radius 2 is 1.73 bits per heavy atom. The van der Waals surface area contributed by atoms with Gasteiger partial charge >= 0.3 is 5.97 Å². The van der Waals surface area contributed by atoms with Crippen LogP contribution >= 0.6 is 23.2 Å². The van der Waals surface area contributed by atoms with Gasteiger partial charge in [-0.3, -0.25) is 9.59 Å². The second-order valence-electron chi connectivity index (χ2n) is 6.11. The van der Waals surface area contributed by atoms with Gasteiger partial charge in [-0.2, -0.15) is 0 Å². The molecular weight excluding hydrogens is 325 g/mol. The summed E-state index contributed by atoms with van der Waals surface area (Å²) in [6.45, 7) is 7.10. The van der Waals surface area contributed by atoms with Crippen LogP contribution in [0.15, 0.2) is 12.1 Å². The van der Waals surface area contributed by atoms with Crippen molar-refractivity contribution in [3.63, 3.8) is 0 Å². The van der Waals surface area contributed by atoms with Crippen LogP contribution in [0.5, 0.6) is 0 Å². The third-order valence-electron chi connectivity index (χ3n) is 3.98. The number of ether oxygens (including phenoxy) is 1. The van der Waals surface area contributed by atoms with E-state index in [-0.39, 0.29) is 12.5 Å². The van der Waals surface area contributed by atoms with E-state index >= 15 is 0 Å². The predicted molar refractivity (Wildman–Crippen MR) is 87.4 cm³/mol. The number of esters is 1. The molecular formula is C16H19Cl2NO3. The molecule has 1 aromatic rings. The molecule has 1 fully saturated rings. The highest BCUT2D eigenvalue weighted by Crippen LogP contribution is 2.64. The van der Waals surface area contributed by atoms with Crippen molar-refractivity contribution in [2.45, 2.75) is 38.4 Å². The number of amides is 1. The first-order valence-electron chi connectivity index (χ1n) is 6.99. The van der Waals surface area contributed by atoms with Crippen LogP contribution < -0.4 is 5.32 Å². The maximum Gasteiger partial charge on any atom is 0.315 e. The molecule has 1 aromatic carbocycles. The smallest absolute Gasteiger partial charge is 0.315 e. The van der Waals surface area contributed by atoms with Crippen LogP contribution in [0.25, 0.3) is 0 Å². The third-order valence-corrected chi connectivity index (χ3v) is 5.09. The molecule has 1 atom stereocenters. The van der Waals surface area contributed by atoms with Gasteiger partial charge in [0.2, 0.25) is 0 Å². The molecule has 1 amide bonds. The second-order valence-corrected chi connectivity index (χ2v) is 7.60. The summed E-state index contributed by atoms with van der Waals surface area (Å²) in [5.74, 6) is -0.938. The zero-order valence-electron chi connectivity index (χ0n) is 13.0. The summed E-state index contributed by atoms with van der Waals surface area (Å²) in [6.07, 6.45) is 0.333. The number of benzene rings is 1. The van der Waals surface area contributed by atoms with Gasteiger partial charge in [-0.1, -0.05) is 17.7 Å². The van der Waals surface area contributed by atoms with Gasteiger partial charge in [0.15, 0.2) is 6.61 Å². The molecule has 0 heterocycles. The van der Waals surface area contributed by atoms with Crippen molar-refractivity contribution in [2.24, 2.45) is 5.41 Å². The van der Waals surface area contributed by atoms with E-state index in [9.17, 15) is 9.59 Å². The molecule has 1 aliphatic carbocycles. The summed E-state index contributed by atoms with van der Waals surface area (Å²) in [4.78, 5) is 23.9. The number of aryl methyl sites for hydroxylation is 3. The highest BCUT2D eigenvalue weighted by atomic mass is 35.5. The van der Waals surface area contributed by atoms with E-state index in [0.717, 1.165) is 22.4 Å². The summed E-state index contributed by atoms with van der Waals surface area (Å²) in [5, 5.41) is 2.77. The number of halogens is 2. The van der Waals surface area contributed by atoms with Gasteiger partial charge in [-0.15, -0.1) is 23.2 Å².